The van der Waals surface area contributed by atoms with Crippen LogP contribution in [-0.4, -0.2) is 54.1 Å². The number of thiophene rings is 6. The Hall–Kier alpha value is -3.80. The summed E-state index contributed by atoms with van der Waals surface area (Å²) in [5.74, 6) is 0. The van der Waals surface area contributed by atoms with Crippen molar-refractivity contribution in [1.82, 2.24) is 17.5 Å². The van der Waals surface area contributed by atoms with Crippen molar-refractivity contribution in [3.8, 4) is 20.9 Å². The highest BCUT2D eigenvalue weighted by Crippen LogP contribution is 2.45. The summed E-state index contributed by atoms with van der Waals surface area (Å²) in [5, 5.41) is 14.5. The number of rotatable bonds is 4. The fourth-order valence-corrected chi connectivity index (χ4v) is 16.9. The van der Waals surface area contributed by atoms with Gasteiger partial charge in [-0.2, -0.15) is 17.5 Å². The molecule has 2 aliphatic rings. The maximum atomic E-state index is 6.21. The highest BCUT2D eigenvalue weighted by Gasteiger charge is 2.54. The average molecular weight is 1230 g/mol. The van der Waals surface area contributed by atoms with Gasteiger partial charge >= 0.3 is 14.2 Å². The first-order chi connectivity index (χ1) is 35.0. The summed E-state index contributed by atoms with van der Waals surface area (Å²) in [6, 6.07) is 35.7. The molecule has 0 unspecified atom stereocenters. The molecule has 13 aromatic rings. The minimum atomic E-state index is -0.478. The van der Waals surface area contributed by atoms with Gasteiger partial charge in [0.1, 0.15) is 22.1 Å². The molecular formula is C55H47B2IN4O4S8. The zero-order chi connectivity index (χ0) is 50.2. The first kappa shape index (κ1) is 51.0. The van der Waals surface area contributed by atoms with Crippen molar-refractivity contribution in [3.05, 3.63) is 116 Å². The second kappa shape index (κ2) is 19.0. The van der Waals surface area contributed by atoms with E-state index in [0.717, 1.165) is 33.0 Å². The van der Waals surface area contributed by atoms with Crippen LogP contribution < -0.4 is 10.9 Å². The molecule has 15 rings (SSSR count). The van der Waals surface area contributed by atoms with E-state index in [-0.39, 0.29) is 7.43 Å². The standard InChI is InChI=1S/C26H12N2S5.C18H26B2N2O4S.C10H5IS2.CH4/c1-2-18(24-12-16-10-20-14(4-6-30-20)8-22(16)32-24)26-25(27-33-28-26)17(1)23-11-15-9-19-13(3-5-29-19)7-21(15)31-23;1-15(2)16(3,4)24-19(23-15)11-9-10-12(14-13(11)21-27-22-14)20-25-17(5,6)18(7,8)26-20;11-10-5-7-4-8-6(1-2-12-8)3-9(7)13-10;/h1-12H;9-10H,1-8H3;1-5H;1H4. The van der Waals surface area contributed by atoms with E-state index < -0.39 is 36.6 Å². The zero-order valence-corrected chi connectivity index (χ0v) is 49.4. The van der Waals surface area contributed by atoms with Crippen molar-refractivity contribution in [2.45, 2.75) is 85.2 Å². The Kier molecular flexibility index (Phi) is 13.1. The minimum Gasteiger partial charge on any atom is -0.399 e. The molecule has 0 atom stereocenters. The van der Waals surface area contributed by atoms with E-state index >= 15 is 0 Å². The number of aromatic nitrogens is 4. The predicted molar refractivity (Wildman–Crippen MR) is 335 cm³/mol. The Balaban J connectivity index is 0.000000122. The molecule has 0 saturated carbocycles. The van der Waals surface area contributed by atoms with Crippen LogP contribution in [0.25, 0.3) is 103 Å². The van der Waals surface area contributed by atoms with Gasteiger partial charge in [0, 0.05) is 60.0 Å². The summed E-state index contributed by atoms with van der Waals surface area (Å²) in [5.41, 5.74) is 6.08. The molecule has 2 fully saturated rings. The van der Waals surface area contributed by atoms with Crippen LogP contribution in [0.15, 0.2) is 113 Å². The Morgan fingerprint density at radius 1 is 0.392 bits per heavy atom. The molecule has 0 spiro atoms. The smallest absolute Gasteiger partial charge is 0.399 e. The Morgan fingerprint density at radius 3 is 1.12 bits per heavy atom. The number of benzene rings is 5. The van der Waals surface area contributed by atoms with E-state index in [4.69, 9.17) is 27.4 Å². The third-order valence-electron chi connectivity index (χ3n) is 14.7. The van der Waals surface area contributed by atoms with Gasteiger partial charge in [0.05, 0.1) is 48.7 Å². The number of hydrogen-bond donors (Lipinski definition) is 0. The molecule has 10 heterocycles. The van der Waals surface area contributed by atoms with Crippen LogP contribution >= 0.6 is 114 Å². The van der Waals surface area contributed by atoms with Crippen molar-refractivity contribution >= 4 is 222 Å². The number of halogens is 1. The van der Waals surface area contributed by atoms with Gasteiger partial charge in [-0.25, -0.2) is 0 Å². The van der Waals surface area contributed by atoms with Gasteiger partial charge < -0.3 is 18.6 Å². The van der Waals surface area contributed by atoms with E-state index in [9.17, 15) is 0 Å². The molecule has 5 aromatic carbocycles. The quantitative estimate of drug-likeness (QED) is 0.127. The Labute approximate surface area is 475 Å². The minimum absolute atomic E-state index is 0. The monoisotopic (exact) mass is 1230 g/mol. The highest BCUT2D eigenvalue weighted by atomic mass is 127. The van der Waals surface area contributed by atoms with Crippen LogP contribution in [-0.2, 0) is 18.6 Å². The number of fused-ring (bicyclic) bond motifs is 8. The van der Waals surface area contributed by atoms with E-state index in [1.165, 1.54) is 108 Å². The predicted octanol–water partition coefficient (Wildman–Crippen LogP) is 17.5. The lowest BCUT2D eigenvalue weighted by Crippen LogP contribution is -2.41. The highest BCUT2D eigenvalue weighted by molar-refractivity contribution is 14.1. The fraction of sp³-hybridized carbons (Fsp3) is 0.236. The molecule has 8 aromatic heterocycles. The second-order valence-electron chi connectivity index (χ2n) is 20.3. The first-order valence-electron chi connectivity index (χ1n) is 23.6. The Morgan fingerprint density at radius 2 is 0.730 bits per heavy atom. The summed E-state index contributed by atoms with van der Waals surface area (Å²) in [6.45, 7) is 16.4. The maximum absolute atomic E-state index is 6.21. The van der Waals surface area contributed by atoms with Gasteiger partial charge in [-0.15, -0.1) is 68.0 Å². The molecule has 74 heavy (non-hydrogen) atoms. The second-order valence-corrected chi connectivity index (χ2v) is 29.4. The van der Waals surface area contributed by atoms with Crippen molar-refractivity contribution in [2.75, 3.05) is 0 Å². The average Bonchev–Trinajstić information content (AvgIpc) is 4.19. The van der Waals surface area contributed by atoms with Gasteiger partial charge in [0.2, 0.25) is 0 Å². The number of nitrogens with zero attached hydrogens (tertiary/aromatic N) is 4. The molecule has 0 aliphatic carbocycles. The van der Waals surface area contributed by atoms with Gasteiger partial charge in [-0.3, -0.25) is 0 Å². The van der Waals surface area contributed by atoms with E-state index in [0.29, 0.717) is 0 Å². The van der Waals surface area contributed by atoms with Crippen molar-refractivity contribution in [1.29, 1.82) is 0 Å². The largest absolute Gasteiger partial charge is 0.497 e. The van der Waals surface area contributed by atoms with E-state index in [1.54, 1.807) is 22.7 Å². The molecular weight excluding hydrogens is 1190 g/mol. The van der Waals surface area contributed by atoms with Crippen molar-refractivity contribution in [3.63, 3.8) is 0 Å². The maximum Gasteiger partial charge on any atom is 0.497 e. The summed E-state index contributed by atoms with van der Waals surface area (Å²) in [7, 11) is -0.956. The topological polar surface area (TPSA) is 88.5 Å². The van der Waals surface area contributed by atoms with Gasteiger partial charge in [-0.1, -0.05) is 31.7 Å². The summed E-state index contributed by atoms with van der Waals surface area (Å²) in [6.07, 6.45) is 0. The molecule has 0 radical (unpaired) electrons. The third kappa shape index (κ3) is 8.88. The first-order valence-corrected chi connectivity index (χ1v) is 31.2. The van der Waals surface area contributed by atoms with Crippen LogP contribution in [0.1, 0.15) is 62.8 Å². The van der Waals surface area contributed by atoms with Crippen LogP contribution in [0.4, 0.5) is 0 Å². The SMILES string of the molecule is C.CC1(C)OB(c2ccc(B3OC(C)(C)C(C)(C)O3)c3nsnc23)OC1(C)C.Ic1cc2cc3sccc3cc2s1.c1cc2cc3sc(-c4ccc(-c5cc6cc7sccc7cc6s5)c5nsnc45)cc3cc2s1. The fourth-order valence-electron chi connectivity index (χ4n) is 9.21. The normalized spacial score (nSPS) is 16.8. The van der Waals surface area contributed by atoms with E-state index in [2.05, 4.69) is 132 Å². The molecule has 0 bridgehead atoms. The van der Waals surface area contributed by atoms with Crippen molar-refractivity contribution in [2.24, 2.45) is 0 Å². The van der Waals surface area contributed by atoms with E-state index in [1.807, 2.05) is 113 Å². The summed E-state index contributed by atoms with van der Waals surface area (Å²) >= 11 is 15.8. The zero-order valence-electron chi connectivity index (χ0n) is 40.7. The van der Waals surface area contributed by atoms with Crippen LogP contribution in [0.3, 0.4) is 0 Å². The van der Waals surface area contributed by atoms with Crippen LogP contribution in [0.2, 0.25) is 0 Å². The van der Waals surface area contributed by atoms with Gasteiger partial charge in [-0.05, 0) is 199 Å². The van der Waals surface area contributed by atoms with Crippen LogP contribution in [0.5, 0.6) is 0 Å². The lowest BCUT2D eigenvalue weighted by atomic mass is 9.72. The molecule has 0 N–H and O–H groups in total. The van der Waals surface area contributed by atoms with Gasteiger partial charge in [0.15, 0.2) is 0 Å². The lowest BCUT2D eigenvalue weighted by molar-refractivity contribution is 0.00578. The Bertz CT molecular complexity index is 3880. The molecule has 2 aliphatic heterocycles. The third-order valence-corrected chi connectivity index (χ3v) is 22.5. The van der Waals surface area contributed by atoms with Crippen LogP contribution in [0, 0.1) is 2.88 Å². The molecule has 0 amide bonds. The number of hydrogen-bond acceptors (Lipinski definition) is 16. The van der Waals surface area contributed by atoms with Gasteiger partial charge in [0.25, 0.3) is 0 Å². The molecule has 19 heteroatoms. The molecule has 372 valence electrons. The summed E-state index contributed by atoms with van der Waals surface area (Å²) in [4.78, 5) is 2.51. The lowest BCUT2D eigenvalue weighted by Gasteiger charge is -2.32. The molecule has 2 saturated heterocycles. The van der Waals surface area contributed by atoms with Crippen molar-refractivity contribution < 1.29 is 18.6 Å². The molecule has 8 nitrogen and oxygen atoms in total. The summed E-state index contributed by atoms with van der Waals surface area (Å²) < 4.78 is 52.8.